The van der Waals surface area contributed by atoms with Crippen LogP contribution in [0.2, 0.25) is 0 Å². The highest BCUT2D eigenvalue weighted by atomic mass is 16.1. The Balaban J connectivity index is 1.48. The Hall–Kier alpha value is -3.40. The van der Waals surface area contributed by atoms with Crippen LogP contribution in [0.3, 0.4) is 0 Å². The van der Waals surface area contributed by atoms with Gasteiger partial charge in [-0.2, -0.15) is 0 Å². The molecule has 0 spiro atoms. The molecule has 1 heterocycles. The van der Waals surface area contributed by atoms with E-state index in [1.807, 2.05) is 54.6 Å². The molecule has 4 heteroatoms. The summed E-state index contributed by atoms with van der Waals surface area (Å²) in [6, 6.07) is 24.1. The third kappa shape index (κ3) is 2.97. The number of carbonyl (C=O) groups excluding carboxylic acids is 1. The first-order chi connectivity index (χ1) is 13.8. The molecule has 138 valence electrons. The van der Waals surface area contributed by atoms with Crippen LogP contribution in [0, 0.1) is 0 Å². The minimum absolute atomic E-state index is 0.0516. The van der Waals surface area contributed by atoms with Crippen LogP contribution < -0.4 is 5.32 Å². The number of imidazole rings is 1. The number of hydrogen-bond donors (Lipinski definition) is 2. The van der Waals surface area contributed by atoms with Crippen molar-refractivity contribution in [2.24, 2.45) is 0 Å². The van der Waals surface area contributed by atoms with E-state index in [9.17, 15) is 4.79 Å². The van der Waals surface area contributed by atoms with Crippen molar-refractivity contribution in [2.75, 3.05) is 5.32 Å². The number of carbonyl (C=O) groups is 1. The highest BCUT2D eigenvalue weighted by Gasteiger charge is 2.26. The molecule has 1 aromatic heterocycles. The van der Waals surface area contributed by atoms with Crippen molar-refractivity contribution in [3.63, 3.8) is 0 Å². The number of H-pyrrole nitrogens is 1. The van der Waals surface area contributed by atoms with E-state index in [1.54, 1.807) is 0 Å². The number of benzene rings is 3. The van der Waals surface area contributed by atoms with Crippen LogP contribution in [0.5, 0.6) is 0 Å². The van der Waals surface area contributed by atoms with Gasteiger partial charge in [0.05, 0.1) is 22.6 Å². The lowest BCUT2D eigenvalue weighted by molar-refractivity contribution is -0.117. The van der Waals surface area contributed by atoms with E-state index in [0.29, 0.717) is 0 Å². The maximum atomic E-state index is 13.1. The molecule has 1 unspecified atom stereocenters. The number of aromatic amines is 1. The average molecular weight is 367 g/mol. The molecule has 1 amide bonds. The first-order valence-electron chi connectivity index (χ1n) is 9.72. The molecular formula is C24H21N3O. The maximum Gasteiger partial charge on any atom is 0.231 e. The van der Waals surface area contributed by atoms with Crippen molar-refractivity contribution in [2.45, 2.75) is 25.2 Å². The van der Waals surface area contributed by atoms with E-state index < -0.39 is 0 Å². The molecule has 0 fully saturated rings. The van der Waals surface area contributed by atoms with Gasteiger partial charge in [-0.25, -0.2) is 4.98 Å². The molecule has 0 saturated heterocycles. The molecule has 1 atom stereocenters. The first kappa shape index (κ1) is 16.8. The van der Waals surface area contributed by atoms with Crippen LogP contribution in [0.15, 0.2) is 72.8 Å². The van der Waals surface area contributed by atoms with Gasteiger partial charge in [-0.15, -0.1) is 0 Å². The second-order valence-electron chi connectivity index (χ2n) is 7.28. The molecule has 2 N–H and O–H groups in total. The predicted octanol–water partition coefficient (Wildman–Crippen LogP) is 5.29. The normalized spacial score (nSPS) is 15.9. The van der Waals surface area contributed by atoms with Gasteiger partial charge in [0.1, 0.15) is 5.82 Å². The summed E-state index contributed by atoms with van der Waals surface area (Å²) >= 11 is 0. The molecule has 4 nitrogen and oxygen atoms in total. The summed E-state index contributed by atoms with van der Waals surface area (Å²) in [6.45, 7) is 0. The van der Waals surface area contributed by atoms with Gasteiger partial charge in [0.25, 0.3) is 0 Å². The van der Waals surface area contributed by atoms with Crippen molar-refractivity contribution in [1.29, 1.82) is 0 Å². The molecule has 0 radical (unpaired) electrons. The first-order valence-corrected chi connectivity index (χ1v) is 9.72. The molecule has 0 aliphatic heterocycles. The molecule has 0 bridgehead atoms. The minimum Gasteiger partial charge on any atom is -0.338 e. The largest absolute Gasteiger partial charge is 0.338 e. The lowest BCUT2D eigenvalue weighted by Crippen LogP contribution is -2.25. The SMILES string of the molecule is O=C(Nc1ccccc1-c1nc2ccccc2[nH]1)C1CCCc2ccccc21. The van der Waals surface area contributed by atoms with Gasteiger partial charge in [0, 0.05) is 5.56 Å². The number of hydrogen-bond acceptors (Lipinski definition) is 2. The lowest BCUT2D eigenvalue weighted by Gasteiger charge is -2.25. The van der Waals surface area contributed by atoms with Crippen LogP contribution in [0.1, 0.15) is 29.9 Å². The molecule has 0 saturated carbocycles. The van der Waals surface area contributed by atoms with Crippen molar-refractivity contribution >= 4 is 22.6 Å². The molecule has 3 aromatic carbocycles. The Labute approximate surface area is 163 Å². The summed E-state index contributed by atoms with van der Waals surface area (Å²) < 4.78 is 0. The number of para-hydroxylation sites is 3. The van der Waals surface area contributed by atoms with Crippen molar-refractivity contribution in [3.8, 4) is 11.4 Å². The van der Waals surface area contributed by atoms with Gasteiger partial charge in [-0.1, -0.05) is 48.5 Å². The average Bonchev–Trinajstić information content (AvgIpc) is 3.18. The number of aryl methyl sites for hydroxylation is 1. The summed E-state index contributed by atoms with van der Waals surface area (Å²) in [7, 11) is 0. The monoisotopic (exact) mass is 367 g/mol. The summed E-state index contributed by atoms with van der Waals surface area (Å²) in [5.41, 5.74) is 6.04. The number of nitrogens with one attached hydrogen (secondary N) is 2. The van der Waals surface area contributed by atoms with E-state index in [0.717, 1.165) is 52.9 Å². The van der Waals surface area contributed by atoms with Gasteiger partial charge in [0.15, 0.2) is 0 Å². The van der Waals surface area contributed by atoms with Gasteiger partial charge in [0.2, 0.25) is 5.91 Å². The molecule has 1 aliphatic carbocycles. The summed E-state index contributed by atoms with van der Waals surface area (Å²) in [5.74, 6) is 0.713. The summed E-state index contributed by atoms with van der Waals surface area (Å²) in [4.78, 5) is 21.2. The Kier molecular flexibility index (Phi) is 4.17. The zero-order chi connectivity index (χ0) is 18.9. The lowest BCUT2D eigenvalue weighted by atomic mass is 9.82. The maximum absolute atomic E-state index is 13.1. The van der Waals surface area contributed by atoms with Crippen molar-refractivity contribution in [1.82, 2.24) is 9.97 Å². The highest BCUT2D eigenvalue weighted by Crippen LogP contribution is 2.34. The quantitative estimate of drug-likeness (QED) is 0.517. The number of fused-ring (bicyclic) bond motifs is 2. The van der Waals surface area contributed by atoms with Crippen molar-refractivity contribution in [3.05, 3.63) is 83.9 Å². The highest BCUT2D eigenvalue weighted by molar-refractivity contribution is 5.99. The fourth-order valence-corrected chi connectivity index (χ4v) is 4.13. The van der Waals surface area contributed by atoms with E-state index in [2.05, 4.69) is 28.5 Å². The van der Waals surface area contributed by atoms with Crippen LogP contribution in [-0.2, 0) is 11.2 Å². The molecule has 28 heavy (non-hydrogen) atoms. The van der Waals surface area contributed by atoms with E-state index in [4.69, 9.17) is 4.98 Å². The fourth-order valence-electron chi connectivity index (χ4n) is 4.13. The summed E-state index contributed by atoms with van der Waals surface area (Å²) in [6.07, 6.45) is 2.98. The van der Waals surface area contributed by atoms with E-state index >= 15 is 0 Å². The second kappa shape index (κ2) is 6.97. The molecule has 5 rings (SSSR count). The Morgan fingerprint density at radius 3 is 2.68 bits per heavy atom. The van der Waals surface area contributed by atoms with Gasteiger partial charge in [-0.05, 0) is 54.7 Å². The second-order valence-corrected chi connectivity index (χ2v) is 7.28. The van der Waals surface area contributed by atoms with Crippen molar-refractivity contribution < 1.29 is 4.79 Å². The third-order valence-electron chi connectivity index (χ3n) is 5.52. The van der Waals surface area contributed by atoms with E-state index in [1.165, 1.54) is 5.56 Å². The van der Waals surface area contributed by atoms with Gasteiger partial charge in [-0.3, -0.25) is 4.79 Å². The summed E-state index contributed by atoms with van der Waals surface area (Å²) in [5, 5.41) is 3.17. The van der Waals surface area contributed by atoms with Gasteiger partial charge < -0.3 is 10.3 Å². The molecule has 4 aromatic rings. The van der Waals surface area contributed by atoms with Crippen LogP contribution in [0.4, 0.5) is 5.69 Å². The molecule has 1 aliphatic rings. The molecular weight excluding hydrogens is 346 g/mol. The topological polar surface area (TPSA) is 57.8 Å². The zero-order valence-electron chi connectivity index (χ0n) is 15.5. The minimum atomic E-state index is -0.103. The fraction of sp³-hybridized carbons (Fsp3) is 0.167. The standard InChI is InChI=1S/C24H21N3O/c28-24(18-12-7-9-16-8-1-2-10-17(16)18)27-20-13-4-3-11-19(20)23-25-21-14-5-6-15-22(21)26-23/h1-6,8,10-11,13-15,18H,7,9,12H2,(H,25,26)(H,27,28). The van der Waals surface area contributed by atoms with Crippen LogP contribution in [0.25, 0.3) is 22.4 Å². The Morgan fingerprint density at radius 2 is 1.75 bits per heavy atom. The van der Waals surface area contributed by atoms with Gasteiger partial charge >= 0.3 is 0 Å². The number of nitrogens with zero attached hydrogens (tertiary/aromatic N) is 1. The smallest absolute Gasteiger partial charge is 0.231 e. The van der Waals surface area contributed by atoms with Crippen LogP contribution >= 0.6 is 0 Å². The zero-order valence-corrected chi connectivity index (χ0v) is 15.5. The number of amides is 1. The number of aromatic nitrogens is 2. The third-order valence-corrected chi connectivity index (χ3v) is 5.52. The Morgan fingerprint density at radius 1 is 0.964 bits per heavy atom. The number of rotatable bonds is 3. The predicted molar refractivity (Wildman–Crippen MR) is 112 cm³/mol. The van der Waals surface area contributed by atoms with E-state index in [-0.39, 0.29) is 11.8 Å². The van der Waals surface area contributed by atoms with Crippen LogP contribution in [-0.4, -0.2) is 15.9 Å². The Bertz CT molecular complexity index is 1130. The number of anilines is 1.